The van der Waals surface area contributed by atoms with E-state index in [2.05, 4.69) is 39.2 Å². The normalized spacial score (nSPS) is 25.5. The Morgan fingerprint density at radius 2 is 1.64 bits per heavy atom. The van der Waals surface area contributed by atoms with E-state index < -0.39 is 0 Å². The maximum absolute atomic E-state index is 13.0. The second-order valence-electron chi connectivity index (χ2n) is 13.1. The monoisotopic (exact) mass is 573 g/mol. The number of amides is 2. The Labute approximate surface area is 250 Å². The van der Waals surface area contributed by atoms with Crippen molar-refractivity contribution in [1.29, 1.82) is 0 Å². The van der Waals surface area contributed by atoms with Gasteiger partial charge in [0, 0.05) is 69.1 Å². The second-order valence-corrected chi connectivity index (χ2v) is 13.1. The van der Waals surface area contributed by atoms with E-state index in [9.17, 15) is 9.59 Å². The molecule has 6 rings (SSSR count). The highest BCUT2D eigenvalue weighted by molar-refractivity contribution is 6.04. The van der Waals surface area contributed by atoms with Crippen LogP contribution in [-0.4, -0.2) is 90.5 Å². The highest BCUT2D eigenvalue weighted by Gasteiger charge is 2.36. The summed E-state index contributed by atoms with van der Waals surface area (Å²) in [6.45, 7) is 12.2. The molecule has 2 amide bonds. The van der Waals surface area contributed by atoms with E-state index >= 15 is 0 Å². The third kappa shape index (κ3) is 6.27. The topological polar surface area (TPSA) is 84.1 Å². The predicted molar refractivity (Wildman–Crippen MR) is 169 cm³/mol. The average molecular weight is 574 g/mol. The maximum Gasteiger partial charge on any atom is 0.251 e. The molecule has 1 aromatic carbocycles. The molecule has 226 valence electrons. The summed E-state index contributed by atoms with van der Waals surface area (Å²) in [5, 5.41) is 6.66. The fourth-order valence-electron chi connectivity index (χ4n) is 7.04. The van der Waals surface area contributed by atoms with Gasteiger partial charge >= 0.3 is 0 Å². The zero-order valence-electron chi connectivity index (χ0n) is 25.7. The lowest BCUT2D eigenvalue weighted by molar-refractivity contribution is -0.119. The van der Waals surface area contributed by atoms with Crippen LogP contribution in [0.15, 0.2) is 36.4 Å². The number of hydrogen-bond donors (Lipinski definition) is 2. The van der Waals surface area contributed by atoms with Gasteiger partial charge in [0.05, 0.1) is 5.69 Å². The number of piperazine rings is 1. The van der Waals surface area contributed by atoms with E-state index in [1.165, 1.54) is 58.4 Å². The zero-order valence-corrected chi connectivity index (χ0v) is 25.7. The van der Waals surface area contributed by atoms with Crippen molar-refractivity contribution in [3.05, 3.63) is 42.0 Å². The number of aromatic nitrogens is 1. The Bertz CT molecular complexity index is 1260. The largest absolute Gasteiger partial charge is 0.349 e. The van der Waals surface area contributed by atoms with Crippen LogP contribution in [0, 0.1) is 5.92 Å². The first-order chi connectivity index (χ1) is 20.3. The molecular weight excluding hydrogens is 526 g/mol. The summed E-state index contributed by atoms with van der Waals surface area (Å²) in [6, 6.07) is 12.2. The van der Waals surface area contributed by atoms with E-state index in [1.54, 1.807) is 11.9 Å². The van der Waals surface area contributed by atoms with Gasteiger partial charge in [-0.1, -0.05) is 0 Å². The van der Waals surface area contributed by atoms with Gasteiger partial charge in [-0.2, -0.15) is 0 Å². The van der Waals surface area contributed by atoms with Gasteiger partial charge in [-0.15, -0.1) is 0 Å². The molecular formula is C33H47N7O2. The summed E-state index contributed by atoms with van der Waals surface area (Å²) in [7, 11) is 1.80. The molecule has 2 aliphatic heterocycles. The standard InChI is InChI=1S/C33H47N7O2/c1-22(2)40-23(3)33(42)37(4)29-15-16-30(36-31(29)40)34-26-9-7-25(8-10-26)32(41)35-27-11-13-28(14-12-27)39-19-17-38(18-20-39)21-24-5-6-24/h7-10,15-16,22-24,27-28H,5-6,11-14,17-21H2,1-4H3,(H,34,36)(H,35,41)/t23-,27?,28?/m1/s1. The Morgan fingerprint density at radius 1 is 0.952 bits per heavy atom. The number of nitrogens with zero attached hydrogens (tertiary/aromatic N) is 5. The van der Waals surface area contributed by atoms with Crippen LogP contribution in [0.25, 0.3) is 0 Å². The number of nitrogens with one attached hydrogen (secondary N) is 2. The minimum Gasteiger partial charge on any atom is -0.349 e. The summed E-state index contributed by atoms with van der Waals surface area (Å²) in [5.41, 5.74) is 2.35. The van der Waals surface area contributed by atoms with Crippen LogP contribution in [0.1, 0.15) is 69.7 Å². The molecule has 2 aromatic rings. The van der Waals surface area contributed by atoms with Crippen LogP contribution in [0.5, 0.6) is 0 Å². The quantitative estimate of drug-likeness (QED) is 0.482. The Balaban J connectivity index is 0.999. The molecule has 9 heteroatoms. The van der Waals surface area contributed by atoms with Crippen LogP contribution in [-0.2, 0) is 4.79 Å². The molecule has 2 aliphatic carbocycles. The van der Waals surface area contributed by atoms with E-state index in [1.807, 2.05) is 43.3 Å². The van der Waals surface area contributed by atoms with Crippen LogP contribution < -0.4 is 20.4 Å². The van der Waals surface area contributed by atoms with Gasteiger partial charge in [0.1, 0.15) is 11.9 Å². The first kappa shape index (κ1) is 28.9. The first-order valence-corrected chi connectivity index (χ1v) is 16.0. The fraction of sp³-hybridized carbons (Fsp3) is 0.606. The van der Waals surface area contributed by atoms with Crippen molar-refractivity contribution in [2.45, 2.75) is 83.5 Å². The molecule has 0 radical (unpaired) electrons. The van der Waals surface area contributed by atoms with Gasteiger partial charge in [0.15, 0.2) is 5.82 Å². The minimum atomic E-state index is -0.273. The number of rotatable bonds is 8. The average Bonchev–Trinajstić information content (AvgIpc) is 3.81. The number of carbonyl (C=O) groups excluding carboxylic acids is 2. The number of hydrogen-bond acceptors (Lipinski definition) is 7. The molecule has 4 aliphatic rings. The van der Waals surface area contributed by atoms with E-state index in [0.717, 1.165) is 36.0 Å². The highest BCUT2D eigenvalue weighted by Crippen LogP contribution is 2.36. The Hall–Kier alpha value is -3.17. The molecule has 1 saturated heterocycles. The van der Waals surface area contributed by atoms with Crippen LogP contribution in [0.4, 0.5) is 23.0 Å². The molecule has 2 saturated carbocycles. The predicted octanol–water partition coefficient (Wildman–Crippen LogP) is 4.47. The van der Waals surface area contributed by atoms with Crippen molar-refractivity contribution in [2.24, 2.45) is 5.92 Å². The van der Waals surface area contributed by atoms with Gasteiger partial charge in [-0.25, -0.2) is 4.98 Å². The van der Waals surface area contributed by atoms with E-state index in [4.69, 9.17) is 4.98 Å². The first-order valence-electron chi connectivity index (χ1n) is 16.0. The van der Waals surface area contributed by atoms with Gasteiger partial charge < -0.3 is 25.3 Å². The summed E-state index contributed by atoms with van der Waals surface area (Å²) in [5.74, 6) is 2.54. The Kier molecular flexibility index (Phi) is 8.41. The lowest BCUT2D eigenvalue weighted by Crippen LogP contribution is -2.53. The number of anilines is 4. The van der Waals surface area contributed by atoms with Crippen molar-refractivity contribution in [3.63, 3.8) is 0 Å². The van der Waals surface area contributed by atoms with Gasteiger partial charge in [-0.05, 0) is 102 Å². The molecule has 0 unspecified atom stereocenters. The van der Waals surface area contributed by atoms with Crippen molar-refractivity contribution in [1.82, 2.24) is 20.1 Å². The molecule has 1 aromatic heterocycles. The van der Waals surface area contributed by atoms with Crippen LogP contribution in [0.2, 0.25) is 0 Å². The number of pyridine rings is 1. The van der Waals surface area contributed by atoms with Crippen molar-refractivity contribution >= 4 is 34.8 Å². The molecule has 1 atom stereocenters. The summed E-state index contributed by atoms with van der Waals surface area (Å²) < 4.78 is 0. The molecule has 0 bridgehead atoms. The van der Waals surface area contributed by atoms with E-state index in [-0.39, 0.29) is 29.9 Å². The molecule has 0 spiro atoms. The molecule has 2 N–H and O–H groups in total. The van der Waals surface area contributed by atoms with Gasteiger partial charge in [-0.3, -0.25) is 14.5 Å². The zero-order chi connectivity index (χ0) is 29.4. The SMILES string of the molecule is CC(C)N1c2nc(Nc3ccc(C(=O)NC4CCC(N5CCN(CC6CC6)CC5)CC4)cc3)ccc2N(C)C(=O)[C@H]1C. The number of carbonyl (C=O) groups is 2. The smallest absolute Gasteiger partial charge is 0.251 e. The third-order valence-electron chi connectivity index (χ3n) is 9.71. The fourth-order valence-corrected chi connectivity index (χ4v) is 7.04. The summed E-state index contributed by atoms with van der Waals surface area (Å²) >= 11 is 0. The molecule has 42 heavy (non-hydrogen) atoms. The van der Waals surface area contributed by atoms with Crippen molar-refractivity contribution in [2.75, 3.05) is 54.9 Å². The molecule has 9 nitrogen and oxygen atoms in total. The number of likely N-dealkylation sites (N-methyl/N-ethyl adjacent to an activating group) is 1. The summed E-state index contributed by atoms with van der Waals surface area (Å²) in [4.78, 5) is 39.7. The molecule has 3 heterocycles. The van der Waals surface area contributed by atoms with Gasteiger partial charge in [0.2, 0.25) is 5.91 Å². The van der Waals surface area contributed by atoms with Crippen molar-refractivity contribution in [3.8, 4) is 0 Å². The highest BCUT2D eigenvalue weighted by atomic mass is 16.2. The summed E-state index contributed by atoms with van der Waals surface area (Å²) in [6.07, 6.45) is 7.31. The van der Waals surface area contributed by atoms with Crippen LogP contribution >= 0.6 is 0 Å². The minimum absolute atomic E-state index is 0.000127. The van der Waals surface area contributed by atoms with Crippen molar-refractivity contribution < 1.29 is 9.59 Å². The molecule has 3 fully saturated rings. The lowest BCUT2D eigenvalue weighted by atomic mass is 9.89. The Morgan fingerprint density at radius 3 is 2.29 bits per heavy atom. The number of fused-ring (bicyclic) bond motifs is 1. The third-order valence-corrected chi connectivity index (χ3v) is 9.71. The lowest BCUT2D eigenvalue weighted by Gasteiger charge is -2.42. The van der Waals surface area contributed by atoms with Crippen LogP contribution in [0.3, 0.4) is 0 Å². The number of benzene rings is 1. The van der Waals surface area contributed by atoms with Gasteiger partial charge in [0.25, 0.3) is 5.91 Å². The second kappa shape index (κ2) is 12.2. The van der Waals surface area contributed by atoms with E-state index in [0.29, 0.717) is 17.4 Å². The maximum atomic E-state index is 13.0.